The van der Waals surface area contributed by atoms with Crippen molar-refractivity contribution in [3.63, 3.8) is 0 Å². The lowest BCUT2D eigenvalue weighted by Gasteiger charge is -2.13. The Bertz CT molecular complexity index is 1290. The average Bonchev–Trinajstić information content (AvgIpc) is 3.43. The molecule has 0 bridgehead atoms. The molecule has 1 fully saturated rings. The molecule has 8 nitrogen and oxygen atoms in total. The molecule has 1 atom stereocenters. The maximum atomic E-state index is 13.3. The molecule has 1 aliphatic heterocycles. The molecule has 1 amide bonds. The number of rotatable bonds is 6. The summed E-state index contributed by atoms with van der Waals surface area (Å²) in [6, 6.07) is 15.2. The average molecular weight is 431 g/mol. The maximum Gasteiger partial charge on any atom is 0.257 e. The van der Waals surface area contributed by atoms with Crippen LogP contribution in [0.2, 0.25) is 0 Å². The van der Waals surface area contributed by atoms with Gasteiger partial charge < -0.3 is 25.1 Å². The number of nitrogens with zero attached hydrogens (tertiary/aromatic N) is 3. The minimum atomic E-state index is -0.297. The largest absolute Gasteiger partial charge is 0.496 e. The molecule has 1 saturated heterocycles. The van der Waals surface area contributed by atoms with Gasteiger partial charge in [-0.2, -0.15) is 0 Å². The third-order valence-electron chi connectivity index (χ3n) is 5.86. The zero-order valence-electron chi connectivity index (χ0n) is 17.9. The highest BCUT2D eigenvalue weighted by Gasteiger charge is 2.26. The summed E-state index contributed by atoms with van der Waals surface area (Å²) in [7, 11) is 1.61. The van der Waals surface area contributed by atoms with E-state index in [1.54, 1.807) is 7.11 Å². The highest BCUT2D eigenvalue weighted by molar-refractivity contribution is 6.10. The monoisotopic (exact) mass is 431 g/mol. The Morgan fingerprint density at radius 2 is 1.94 bits per heavy atom. The number of fused-ring (bicyclic) bond motifs is 2. The third-order valence-corrected chi connectivity index (χ3v) is 5.86. The van der Waals surface area contributed by atoms with Crippen molar-refractivity contribution in [1.82, 2.24) is 19.9 Å². The van der Waals surface area contributed by atoms with Gasteiger partial charge in [0, 0.05) is 18.7 Å². The van der Waals surface area contributed by atoms with Gasteiger partial charge in [0.15, 0.2) is 5.65 Å². The SMILES string of the molecule is COc1ccccc1CNC(=O)c1c(N)n(C[C@@H]2CCCO2)c2nc3ccccc3nc12. The van der Waals surface area contributed by atoms with E-state index in [1.165, 1.54) is 0 Å². The molecule has 0 radical (unpaired) electrons. The molecule has 1 aliphatic rings. The third kappa shape index (κ3) is 3.62. The lowest BCUT2D eigenvalue weighted by molar-refractivity contribution is 0.0946. The highest BCUT2D eigenvalue weighted by Crippen LogP contribution is 2.29. The fraction of sp³-hybridized carbons (Fsp3) is 0.292. The number of nitrogen functional groups attached to an aromatic ring is 1. The Balaban J connectivity index is 1.55. The maximum absolute atomic E-state index is 13.3. The van der Waals surface area contributed by atoms with Gasteiger partial charge in [-0.1, -0.05) is 30.3 Å². The van der Waals surface area contributed by atoms with E-state index in [2.05, 4.69) is 5.32 Å². The second-order valence-electron chi connectivity index (χ2n) is 7.88. The van der Waals surface area contributed by atoms with Crippen LogP contribution < -0.4 is 15.8 Å². The highest BCUT2D eigenvalue weighted by atomic mass is 16.5. The van der Waals surface area contributed by atoms with Crippen molar-refractivity contribution in [3.05, 3.63) is 59.7 Å². The van der Waals surface area contributed by atoms with Gasteiger partial charge in [-0.05, 0) is 31.0 Å². The first-order valence-electron chi connectivity index (χ1n) is 10.7. The summed E-state index contributed by atoms with van der Waals surface area (Å²) in [4.78, 5) is 22.8. The first-order chi connectivity index (χ1) is 15.7. The minimum absolute atomic E-state index is 0.0469. The fourth-order valence-electron chi connectivity index (χ4n) is 4.23. The molecule has 32 heavy (non-hydrogen) atoms. The zero-order valence-corrected chi connectivity index (χ0v) is 17.9. The fourth-order valence-corrected chi connectivity index (χ4v) is 4.23. The summed E-state index contributed by atoms with van der Waals surface area (Å²) in [6.07, 6.45) is 2.02. The predicted octanol–water partition coefficient (Wildman–Crippen LogP) is 3.28. The van der Waals surface area contributed by atoms with Gasteiger partial charge in [0.25, 0.3) is 5.91 Å². The summed E-state index contributed by atoms with van der Waals surface area (Å²) in [5.74, 6) is 0.768. The number of carbonyl (C=O) groups excluding carboxylic acids is 1. The molecule has 4 aromatic rings. The molecule has 0 aliphatic carbocycles. The standard InChI is InChI=1S/C24H25N5O3/c1-31-19-11-5-2-7-15(19)13-26-24(30)20-21-23(28-18-10-4-3-9-17(18)27-21)29(22(20)25)14-16-8-6-12-32-16/h2-5,7,9-11,16H,6,8,12-14,25H2,1H3,(H,26,30)/t16-/m0/s1. The van der Waals surface area contributed by atoms with Crippen LogP contribution in [-0.2, 0) is 17.8 Å². The molecule has 164 valence electrons. The van der Waals surface area contributed by atoms with Gasteiger partial charge in [0.1, 0.15) is 22.6 Å². The number of hydrogen-bond donors (Lipinski definition) is 2. The first-order valence-corrected chi connectivity index (χ1v) is 10.7. The van der Waals surface area contributed by atoms with Crippen LogP contribution in [0, 0.1) is 0 Å². The van der Waals surface area contributed by atoms with Crippen molar-refractivity contribution in [1.29, 1.82) is 0 Å². The van der Waals surface area contributed by atoms with Crippen LogP contribution in [0.15, 0.2) is 48.5 Å². The lowest BCUT2D eigenvalue weighted by atomic mass is 10.2. The van der Waals surface area contributed by atoms with Gasteiger partial charge in [0.2, 0.25) is 0 Å². The van der Waals surface area contributed by atoms with E-state index in [1.807, 2.05) is 53.1 Å². The number of para-hydroxylation sites is 3. The topological polar surface area (TPSA) is 104 Å². The number of ether oxygens (including phenoxy) is 2. The van der Waals surface area contributed by atoms with Gasteiger partial charge >= 0.3 is 0 Å². The van der Waals surface area contributed by atoms with Crippen molar-refractivity contribution in [2.24, 2.45) is 0 Å². The van der Waals surface area contributed by atoms with E-state index in [9.17, 15) is 4.79 Å². The smallest absolute Gasteiger partial charge is 0.257 e. The molecular weight excluding hydrogens is 406 g/mol. The summed E-state index contributed by atoms with van der Waals surface area (Å²) in [5, 5.41) is 2.97. The second kappa shape index (κ2) is 8.47. The number of nitrogens with two attached hydrogens (primary N) is 1. The van der Waals surface area contributed by atoms with Crippen LogP contribution in [0.25, 0.3) is 22.2 Å². The molecule has 2 aromatic carbocycles. The molecule has 0 saturated carbocycles. The van der Waals surface area contributed by atoms with E-state index < -0.39 is 0 Å². The number of methoxy groups -OCH3 is 1. The summed E-state index contributed by atoms with van der Waals surface area (Å²) >= 11 is 0. The van der Waals surface area contributed by atoms with Crippen molar-refractivity contribution >= 4 is 33.9 Å². The number of amides is 1. The number of anilines is 1. The number of nitrogens with one attached hydrogen (secondary N) is 1. The number of benzene rings is 2. The molecule has 8 heteroatoms. The van der Waals surface area contributed by atoms with Gasteiger partial charge in [-0.25, -0.2) is 9.97 Å². The van der Waals surface area contributed by atoms with Crippen LogP contribution in [0.3, 0.4) is 0 Å². The Kier molecular flexibility index (Phi) is 5.36. The van der Waals surface area contributed by atoms with Crippen LogP contribution in [0.1, 0.15) is 28.8 Å². The zero-order chi connectivity index (χ0) is 22.1. The minimum Gasteiger partial charge on any atom is -0.496 e. The molecule has 0 unspecified atom stereocenters. The molecule has 2 aromatic heterocycles. The second-order valence-corrected chi connectivity index (χ2v) is 7.88. The van der Waals surface area contributed by atoms with E-state index in [-0.39, 0.29) is 12.0 Å². The Hall–Kier alpha value is -3.65. The summed E-state index contributed by atoms with van der Waals surface area (Å²) in [5.41, 5.74) is 10.3. The van der Waals surface area contributed by atoms with E-state index in [0.29, 0.717) is 46.9 Å². The van der Waals surface area contributed by atoms with Crippen molar-refractivity contribution in [2.75, 3.05) is 19.5 Å². The van der Waals surface area contributed by atoms with Crippen LogP contribution >= 0.6 is 0 Å². The first kappa shape index (κ1) is 20.3. The molecule has 3 heterocycles. The predicted molar refractivity (Wildman–Crippen MR) is 123 cm³/mol. The molecular formula is C24H25N5O3. The van der Waals surface area contributed by atoms with Gasteiger partial charge in [-0.3, -0.25) is 4.79 Å². The molecule has 5 rings (SSSR count). The lowest BCUT2D eigenvalue weighted by Crippen LogP contribution is -2.24. The quantitative estimate of drug-likeness (QED) is 0.486. The number of hydrogen-bond acceptors (Lipinski definition) is 6. The number of aromatic nitrogens is 3. The van der Waals surface area contributed by atoms with E-state index in [0.717, 1.165) is 30.5 Å². The normalized spacial score (nSPS) is 16.0. The Labute approximate surface area is 185 Å². The number of carbonyl (C=O) groups is 1. The van der Waals surface area contributed by atoms with Crippen molar-refractivity contribution < 1.29 is 14.3 Å². The summed E-state index contributed by atoms with van der Waals surface area (Å²) in [6.45, 7) is 1.58. The van der Waals surface area contributed by atoms with Gasteiger partial charge in [0.05, 0.1) is 30.8 Å². The van der Waals surface area contributed by atoms with E-state index in [4.69, 9.17) is 25.2 Å². The van der Waals surface area contributed by atoms with Crippen molar-refractivity contribution in [2.45, 2.75) is 32.0 Å². The van der Waals surface area contributed by atoms with Crippen LogP contribution in [0.5, 0.6) is 5.75 Å². The Morgan fingerprint density at radius 3 is 2.69 bits per heavy atom. The van der Waals surface area contributed by atoms with E-state index >= 15 is 0 Å². The Morgan fingerprint density at radius 1 is 1.19 bits per heavy atom. The molecule has 3 N–H and O–H groups in total. The van der Waals surface area contributed by atoms with Crippen LogP contribution in [-0.4, -0.2) is 40.3 Å². The van der Waals surface area contributed by atoms with Crippen LogP contribution in [0.4, 0.5) is 5.82 Å². The summed E-state index contributed by atoms with van der Waals surface area (Å²) < 4.78 is 13.1. The van der Waals surface area contributed by atoms with Gasteiger partial charge in [-0.15, -0.1) is 0 Å². The van der Waals surface area contributed by atoms with Crippen molar-refractivity contribution in [3.8, 4) is 5.75 Å². The molecule has 0 spiro atoms.